The Morgan fingerprint density at radius 3 is 2.42 bits per heavy atom. The molecular weight excluding hydrogens is 240 g/mol. The molecule has 19 heavy (non-hydrogen) atoms. The summed E-state index contributed by atoms with van der Waals surface area (Å²) in [7, 11) is 0. The van der Waals surface area contributed by atoms with Gasteiger partial charge in [0.25, 0.3) is 0 Å². The summed E-state index contributed by atoms with van der Waals surface area (Å²) >= 11 is 0. The van der Waals surface area contributed by atoms with Crippen LogP contribution >= 0.6 is 0 Å². The first-order chi connectivity index (χ1) is 8.79. The Balaban J connectivity index is 2.15. The average molecular weight is 266 g/mol. The highest BCUT2D eigenvalue weighted by Crippen LogP contribution is 2.40. The third-order valence-electron chi connectivity index (χ3n) is 4.00. The molecule has 0 spiro atoms. The number of oxazole rings is 1. The van der Waals surface area contributed by atoms with Crippen molar-refractivity contribution >= 4 is 0 Å². The summed E-state index contributed by atoms with van der Waals surface area (Å²) < 4.78 is 11.6. The van der Waals surface area contributed by atoms with Crippen molar-refractivity contribution in [1.29, 1.82) is 0 Å². The van der Waals surface area contributed by atoms with E-state index in [4.69, 9.17) is 9.15 Å². The van der Waals surface area contributed by atoms with Gasteiger partial charge in [-0.25, -0.2) is 4.98 Å². The minimum Gasteiger partial charge on any atom is -0.448 e. The van der Waals surface area contributed by atoms with Crippen LogP contribution in [0.1, 0.15) is 58.9 Å². The van der Waals surface area contributed by atoms with Gasteiger partial charge in [-0.1, -0.05) is 6.92 Å². The first-order valence-electron chi connectivity index (χ1n) is 7.12. The molecule has 1 aromatic heterocycles. The van der Waals surface area contributed by atoms with Crippen molar-refractivity contribution < 1.29 is 9.15 Å². The van der Waals surface area contributed by atoms with Crippen LogP contribution in [-0.2, 0) is 11.3 Å². The number of rotatable bonds is 3. The van der Waals surface area contributed by atoms with Crippen LogP contribution in [0.2, 0.25) is 0 Å². The summed E-state index contributed by atoms with van der Waals surface area (Å²) in [6.07, 6.45) is 2.01. The first kappa shape index (κ1) is 14.5. The molecule has 1 N–H and O–H groups in total. The Morgan fingerprint density at radius 1 is 1.21 bits per heavy atom. The molecule has 2 rings (SSSR count). The van der Waals surface area contributed by atoms with Gasteiger partial charge in [0.1, 0.15) is 5.76 Å². The largest absolute Gasteiger partial charge is 0.448 e. The van der Waals surface area contributed by atoms with Crippen LogP contribution in [0.25, 0.3) is 0 Å². The van der Waals surface area contributed by atoms with Gasteiger partial charge in [0.05, 0.1) is 23.8 Å². The summed E-state index contributed by atoms with van der Waals surface area (Å²) in [4.78, 5) is 4.37. The van der Waals surface area contributed by atoms with E-state index >= 15 is 0 Å². The predicted molar refractivity (Wildman–Crippen MR) is 75.0 cm³/mol. The molecule has 0 aliphatic carbocycles. The number of nitrogens with one attached hydrogen (secondary N) is 1. The minimum absolute atomic E-state index is 0.0763. The van der Waals surface area contributed by atoms with Crippen molar-refractivity contribution in [1.82, 2.24) is 10.3 Å². The maximum atomic E-state index is 5.90. The first-order valence-corrected chi connectivity index (χ1v) is 7.12. The SMILES string of the molecule is CC1OC(C)C(c2ocnc2CNC(C)(C)C)C1C. The van der Waals surface area contributed by atoms with Crippen LogP contribution in [0.5, 0.6) is 0 Å². The zero-order chi connectivity index (χ0) is 14.2. The lowest BCUT2D eigenvalue weighted by Crippen LogP contribution is -2.35. The lowest BCUT2D eigenvalue weighted by Gasteiger charge is -2.21. The molecule has 0 amide bonds. The summed E-state index contributed by atoms with van der Waals surface area (Å²) in [5.74, 6) is 1.74. The number of hydrogen-bond acceptors (Lipinski definition) is 4. The molecule has 1 aliphatic heterocycles. The molecular formula is C15H26N2O2. The number of aromatic nitrogens is 1. The van der Waals surface area contributed by atoms with Crippen LogP contribution in [0.4, 0.5) is 0 Å². The second kappa shape index (κ2) is 5.25. The fourth-order valence-electron chi connectivity index (χ4n) is 2.75. The monoisotopic (exact) mass is 266 g/mol. The average Bonchev–Trinajstić information content (AvgIpc) is 2.82. The Labute approximate surface area is 115 Å². The molecule has 1 aliphatic rings. The zero-order valence-electron chi connectivity index (χ0n) is 12.9. The lowest BCUT2D eigenvalue weighted by atomic mass is 9.86. The third kappa shape index (κ3) is 3.18. The van der Waals surface area contributed by atoms with Gasteiger partial charge < -0.3 is 14.5 Å². The van der Waals surface area contributed by atoms with Crippen LogP contribution in [-0.4, -0.2) is 22.7 Å². The number of ether oxygens (including phenoxy) is 1. The van der Waals surface area contributed by atoms with Crippen molar-refractivity contribution in [3.8, 4) is 0 Å². The molecule has 1 fully saturated rings. The van der Waals surface area contributed by atoms with Gasteiger partial charge in [-0.05, 0) is 40.5 Å². The molecule has 4 heteroatoms. The molecule has 1 aromatic rings. The highest BCUT2D eigenvalue weighted by molar-refractivity contribution is 5.17. The van der Waals surface area contributed by atoms with E-state index in [1.807, 2.05) is 0 Å². The lowest BCUT2D eigenvalue weighted by molar-refractivity contribution is 0.0547. The highest BCUT2D eigenvalue weighted by atomic mass is 16.5. The fraction of sp³-hybridized carbons (Fsp3) is 0.800. The fourth-order valence-corrected chi connectivity index (χ4v) is 2.75. The molecule has 4 nitrogen and oxygen atoms in total. The molecule has 0 radical (unpaired) electrons. The molecule has 108 valence electrons. The molecule has 0 saturated carbocycles. The second-order valence-corrected chi connectivity index (χ2v) is 6.70. The van der Waals surface area contributed by atoms with Crippen LogP contribution in [0.3, 0.4) is 0 Å². The van der Waals surface area contributed by atoms with E-state index in [2.05, 4.69) is 51.8 Å². The van der Waals surface area contributed by atoms with Gasteiger partial charge in [-0.3, -0.25) is 0 Å². The molecule has 4 unspecified atom stereocenters. The van der Waals surface area contributed by atoms with Gasteiger partial charge in [-0.2, -0.15) is 0 Å². The van der Waals surface area contributed by atoms with Gasteiger partial charge in [0.2, 0.25) is 0 Å². The van der Waals surface area contributed by atoms with Crippen molar-refractivity contribution in [3.63, 3.8) is 0 Å². The summed E-state index contributed by atoms with van der Waals surface area (Å²) in [6, 6.07) is 0. The predicted octanol–water partition coefficient (Wildman–Crippen LogP) is 3.09. The third-order valence-corrected chi connectivity index (χ3v) is 4.00. The van der Waals surface area contributed by atoms with E-state index in [-0.39, 0.29) is 17.7 Å². The van der Waals surface area contributed by atoms with E-state index in [9.17, 15) is 0 Å². The Kier molecular flexibility index (Phi) is 4.02. The number of nitrogens with zero attached hydrogens (tertiary/aromatic N) is 1. The quantitative estimate of drug-likeness (QED) is 0.913. The Bertz CT molecular complexity index is 422. The molecule has 1 saturated heterocycles. The normalized spacial score (nSPS) is 31.9. The Morgan fingerprint density at radius 2 is 1.89 bits per heavy atom. The van der Waals surface area contributed by atoms with E-state index in [1.165, 1.54) is 0 Å². The molecule has 0 aromatic carbocycles. The van der Waals surface area contributed by atoms with E-state index < -0.39 is 0 Å². The van der Waals surface area contributed by atoms with Crippen molar-refractivity contribution in [2.75, 3.05) is 0 Å². The second-order valence-electron chi connectivity index (χ2n) is 6.70. The van der Waals surface area contributed by atoms with Crippen LogP contribution < -0.4 is 5.32 Å². The van der Waals surface area contributed by atoms with Gasteiger partial charge in [0.15, 0.2) is 6.39 Å². The van der Waals surface area contributed by atoms with E-state index in [0.717, 1.165) is 18.0 Å². The topological polar surface area (TPSA) is 47.3 Å². The summed E-state index contributed by atoms with van der Waals surface area (Å²) in [5.41, 5.74) is 1.09. The van der Waals surface area contributed by atoms with Gasteiger partial charge in [-0.15, -0.1) is 0 Å². The van der Waals surface area contributed by atoms with Crippen molar-refractivity contribution in [3.05, 3.63) is 17.8 Å². The summed E-state index contributed by atoms with van der Waals surface area (Å²) in [5, 5.41) is 3.47. The standard InChI is InChI=1S/C15H26N2O2/c1-9-10(2)19-11(3)13(9)14-12(16-8-18-14)7-17-15(4,5)6/h8-11,13,17H,7H2,1-6H3. The summed E-state index contributed by atoms with van der Waals surface area (Å²) in [6.45, 7) is 13.7. The van der Waals surface area contributed by atoms with Crippen LogP contribution in [0.15, 0.2) is 10.8 Å². The maximum absolute atomic E-state index is 5.90. The zero-order valence-corrected chi connectivity index (χ0v) is 12.9. The van der Waals surface area contributed by atoms with Gasteiger partial charge >= 0.3 is 0 Å². The van der Waals surface area contributed by atoms with E-state index in [0.29, 0.717) is 11.8 Å². The molecule has 4 atom stereocenters. The Hall–Kier alpha value is -0.870. The van der Waals surface area contributed by atoms with Crippen LogP contribution in [0, 0.1) is 5.92 Å². The number of hydrogen-bond donors (Lipinski definition) is 1. The maximum Gasteiger partial charge on any atom is 0.181 e. The minimum atomic E-state index is 0.0763. The molecule has 2 heterocycles. The highest BCUT2D eigenvalue weighted by Gasteiger charge is 2.41. The van der Waals surface area contributed by atoms with Crippen molar-refractivity contribution in [2.45, 2.75) is 71.8 Å². The van der Waals surface area contributed by atoms with Crippen molar-refractivity contribution in [2.24, 2.45) is 5.92 Å². The smallest absolute Gasteiger partial charge is 0.181 e. The van der Waals surface area contributed by atoms with Gasteiger partial charge in [0, 0.05) is 12.1 Å². The molecule has 0 bridgehead atoms. The van der Waals surface area contributed by atoms with E-state index in [1.54, 1.807) is 6.39 Å².